The zero-order chi connectivity index (χ0) is 71.9. The molecule has 98 heavy (non-hydrogen) atoms. The Morgan fingerprint density at radius 2 is 1.17 bits per heavy atom. The highest BCUT2D eigenvalue weighted by molar-refractivity contribution is 6.01. The van der Waals surface area contributed by atoms with E-state index in [-0.39, 0.29) is 84.0 Å². The van der Waals surface area contributed by atoms with Crippen molar-refractivity contribution in [2.75, 3.05) is 39.3 Å². The molecule has 22 N–H and O–H groups in total. The number of nitrogens with zero attached hydrogens (tertiary/aromatic N) is 4. The zero-order valence-corrected chi connectivity index (χ0v) is 54.0. The lowest BCUT2D eigenvalue weighted by atomic mass is 10.0. The minimum atomic E-state index is -1.80. The number of hydrogen-bond donors (Lipinski definition) is 18. The lowest BCUT2D eigenvalue weighted by molar-refractivity contribution is -0.146. The molecule has 0 unspecified atom stereocenters. The Bertz CT molecular complexity index is 3380. The number of fused-ring (bicyclic) bond motifs is 1. The molecule has 0 saturated carbocycles. The molecule has 536 valence electrons. The van der Waals surface area contributed by atoms with Crippen LogP contribution >= 0.6 is 0 Å². The zero-order valence-electron chi connectivity index (χ0n) is 54.0. The number of likely N-dealkylation sites (tertiary alicyclic amines) is 3. The van der Waals surface area contributed by atoms with Gasteiger partial charge >= 0.3 is 11.9 Å². The molecule has 13 amide bonds. The van der Waals surface area contributed by atoms with Crippen molar-refractivity contribution in [1.82, 2.24) is 72.2 Å². The number of hydrogen-bond acceptors (Lipinski definition) is 20. The van der Waals surface area contributed by atoms with Gasteiger partial charge in [-0.3, -0.25) is 67.1 Å². The van der Waals surface area contributed by atoms with Gasteiger partial charge < -0.3 is 111 Å². The second-order valence-corrected chi connectivity index (χ2v) is 24.3. The van der Waals surface area contributed by atoms with Crippen molar-refractivity contribution in [3.05, 3.63) is 54.2 Å². The van der Waals surface area contributed by atoms with Crippen molar-refractivity contribution in [3.63, 3.8) is 0 Å². The van der Waals surface area contributed by atoms with Crippen LogP contribution in [0.3, 0.4) is 0 Å². The highest BCUT2D eigenvalue weighted by Gasteiger charge is 2.43. The predicted octanol–water partition coefficient (Wildman–Crippen LogP) is -6.92. The summed E-state index contributed by atoms with van der Waals surface area (Å²) < 4.78 is 0. The number of unbranched alkanes of at least 4 members (excludes halogenated alkanes) is 1. The maximum Gasteiger partial charge on any atom is 0.328 e. The van der Waals surface area contributed by atoms with Crippen molar-refractivity contribution in [2.45, 2.75) is 182 Å². The molecular formula is C61H88N18O19. The van der Waals surface area contributed by atoms with Crippen molar-refractivity contribution in [1.29, 1.82) is 0 Å². The van der Waals surface area contributed by atoms with Gasteiger partial charge in [0.1, 0.15) is 54.4 Å². The summed E-state index contributed by atoms with van der Waals surface area (Å²) in [5, 5.41) is 59.2. The minimum Gasteiger partial charge on any atom is -0.481 e. The van der Waals surface area contributed by atoms with Gasteiger partial charge in [-0.15, -0.1) is 0 Å². The van der Waals surface area contributed by atoms with Crippen LogP contribution in [-0.2, 0) is 84.8 Å². The number of primary amides is 2. The SMILES string of the molecule is C[C@@H](O)[C@H](NC(=O)[C@H](CCCCN)NC(=O)[C@@H]1CCCN1C(=O)[C@H](CCC(N)=O)NC(=O)[C@H](CO)NC(=O)CNC(=O)[C@@H]1CCCN1C(=O)[C@H](Cc1cnc[nH]1)NC(=O)[C@H](CC(N)=O)NC(=O)[C@H](Cc1c[nH]c2ccccc12)NC(=O)[C@@H]1CCCN1C(=O)[C@@H](N)CCC(=O)O)C(=O)O. The molecule has 0 aliphatic carbocycles. The number of benzene rings is 1. The molecule has 2 aromatic heterocycles. The van der Waals surface area contributed by atoms with Gasteiger partial charge in [-0.2, -0.15) is 0 Å². The van der Waals surface area contributed by atoms with Crippen molar-refractivity contribution in [3.8, 4) is 0 Å². The smallest absolute Gasteiger partial charge is 0.328 e. The standard InChI is InChI=1S/C61H88N18O19/c1-31(81)50(61(97)98)76-51(87)37(11-4-5-19-62)71-56(92)45-14-8-22-79(45)59(95)38(16-17-46(64)82)72-54(90)42(29-80)70-48(84)28-68-55(91)43-12-6-21-78(43)60(96)41(24-33-27-66-30-69-33)75-53(89)40(25-47(65)83)73-52(88)39(23-32-26-67-36-10-3-2-9-34(32)36)74-57(93)44-13-7-20-77(44)58(94)35(63)15-18-49(85)86/h2-3,9-10,26-27,30-31,35,37-45,50,67,80-81H,4-8,11-25,28-29,62-63H2,1H3,(H2,64,82)(H2,65,83)(H,66,69)(H,68,91)(H,70,84)(H,71,92)(H,72,90)(H,73,88)(H,74,93)(H,75,89)(H,76,87)(H,85,86)(H,97,98)/t31-,35+,37+,38+,39+,40+,41+,42+,43+,44+,45+,50+/m1/s1. The predicted molar refractivity (Wildman–Crippen MR) is 341 cm³/mol. The Kier molecular flexibility index (Phi) is 28.9. The number of aromatic amines is 2. The summed E-state index contributed by atoms with van der Waals surface area (Å²) in [6.07, 6.45) is 1.82. The van der Waals surface area contributed by atoms with Gasteiger partial charge in [0.15, 0.2) is 6.04 Å². The van der Waals surface area contributed by atoms with E-state index in [9.17, 15) is 87.2 Å². The summed E-state index contributed by atoms with van der Waals surface area (Å²) in [7, 11) is 0. The lowest BCUT2D eigenvalue weighted by Gasteiger charge is -2.31. The molecule has 12 atom stereocenters. The Hall–Kier alpha value is -10.1. The maximum atomic E-state index is 14.7. The van der Waals surface area contributed by atoms with E-state index >= 15 is 0 Å². The Balaban J connectivity index is 1.11. The molecule has 6 rings (SSSR count). The van der Waals surface area contributed by atoms with Gasteiger partial charge in [-0.1, -0.05) is 18.2 Å². The number of amides is 13. The monoisotopic (exact) mass is 1380 g/mol. The van der Waals surface area contributed by atoms with E-state index < -0.39 is 200 Å². The third-order valence-corrected chi connectivity index (χ3v) is 17.0. The van der Waals surface area contributed by atoms with Gasteiger partial charge in [0.25, 0.3) is 0 Å². The average Bonchev–Trinajstić information content (AvgIpc) is 1.57. The first-order valence-electron chi connectivity index (χ1n) is 32.2. The number of aliphatic hydroxyl groups excluding tert-OH is 2. The van der Waals surface area contributed by atoms with Gasteiger partial charge in [0.2, 0.25) is 76.8 Å². The molecule has 37 nitrogen and oxygen atoms in total. The molecule has 3 aliphatic rings. The first kappa shape index (κ1) is 76.9. The molecule has 1 aromatic carbocycles. The van der Waals surface area contributed by atoms with Crippen LogP contribution in [0.2, 0.25) is 0 Å². The lowest BCUT2D eigenvalue weighted by Crippen LogP contribution is -2.60. The molecule has 3 aliphatic heterocycles. The van der Waals surface area contributed by atoms with E-state index in [1.165, 1.54) is 17.4 Å². The van der Waals surface area contributed by atoms with Crippen LogP contribution in [0.15, 0.2) is 43.0 Å². The summed E-state index contributed by atoms with van der Waals surface area (Å²) in [6, 6.07) is -9.11. The third kappa shape index (κ3) is 21.7. The number of H-pyrrole nitrogens is 2. The summed E-state index contributed by atoms with van der Waals surface area (Å²) in [5.74, 6) is -14.7. The first-order valence-corrected chi connectivity index (χ1v) is 32.2. The van der Waals surface area contributed by atoms with Crippen LogP contribution in [0.1, 0.15) is 108 Å². The highest BCUT2D eigenvalue weighted by atomic mass is 16.4. The molecule has 5 heterocycles. The normalized spacial score (nSPS) is 18.7. The largest absolute Gasteiger partial charge is 0.481 e. The molecule has 37 heteroatoms. The number of aromatic nitrogens is 3. The van der Waals surface area contributed by atoms with Crippen LogP contribution in [0.5, 0.6) is 0 Å². The molecule has 3 aromatic rings. The first-order chi connectivity index (χ1) is 46.6. The Labute approximate surface area is 561 Å². The summed E-state index contributed by atoms with van der Waals surface area (Å²) in [4.78, 5) is 215. The van der Waals surface area contributed by atoms with Crippen molar-refractivity contribution >= 4 is 99.6 Å². The van der Waals surface area contributed by atoms with Gasteiger partial charge in [0, 0.05) is 74.3 Å². The fourth-order valence-electron chi connectivity index (χ4n) is 11.9. The second-order valence-electron chi connectivity index (χ2n) is 24.3. The molecule has 3 saturated heterocycles. The number of rotatable bonds is 38. The van der Waals surface area contributed by atoms with E-state index in [0.717, 1.165) is 16.7 Å². The second kappa shape index (κ2) is 36.8. The number of carboxylic acids is 2. The van der Waals surface area contributed by atoms with E-state index in [1.54, 1.807) is 30.5 Å². The number of carbonyl (C=O) groups is 15. The number of nitrogens with two attached hydrogens (primary N) is 4. The topological polar surface area (TPSA) is 591 Å². The van der Waals surface area contributed by atoms with Crippen molar-refractivity contribution in [2.24, 2.45) is 22.9 Å². The quantitative estimate of drug-likeness (QED) is 0.0237. The van der Waals surface area contributed by atoms with E-state index in [1.807, 2.05) is 0 Å². The van der Waals surface area contributed by atoms with E-state index in [2.05, 4.69) is 57.5 Å². The number of nitrogens with one attached hydrogen (secondary N) is 10. The van der Waals surface area contributed by atoms with Gasteiger partial charge in [0.05, 0.1) is 38.0 Å². The van der Waals surface area contributed by atoms with Crippen LogP contribution in [-0.4, -0.2) is 251 Å². The number of aliphatic carboxylic acids is 2. The third-order valence-electron chi connectivity index (χ3n) is 17.0. The number of imidazole rings is 1. The van der Waals surface area contributed by atoms with Crippen LogP contribution < -0.4 is 65.5 Å². The highest BCUT2D eigenvalue weighted by Crippen LogP contribution is 2.25. The minimum absolute atomic E-state index is 0.00431. The number of carboxylic acid groups (broad SMARTS) is 2. The van der Waals surface area contributed by atoms with Crippen LogP contribution in [0, 0.1) is 0 Å². The van der Waals surface area contributed by atoms with Gasteiger partial charge in [-0.25, -0.2) is 9.78 Å². The Morgan fingerprint density at radius 3 is 1.74 bits per heavy atom. The number of carbonyl (C=O) groups excluding carboxylic acids is 13. The summed E-state index contributed by atoms with van der Waals surface area (Å²) in [6.45, 7) is -0.519. The Morgan fingerprint density at radius 1 is 0.612 bits per heavy atom. The molecule has 0 radical (unpaired) electrons. The number of para-hydroxylation sites is 1. The average molecular weight is 1380 g/mol. The fraction of sp³-hybridized carbons (Fsp3) is 0.574. The molecular weight excluding hydrogens is 1290 g/mol. The molecule has 0 spiro atoms. The van der Waals surface area contributed by atoms with E-state index in [4.69, 9.17) is 28.0 Å². The molecule has 0 bridgehead atoms. The van der Waals surface area contributed by atoms with Crippen LogP contribution in [0.25, 0.3) is 10.9 Å². The van der Waals surface area contributed by atoms with Crippen molar-refractivity contribution < 1.29 is 92.3 Å². The molecule has 3 fully saturated rings. The number of aliphatic hydroxyl groups is 2. The summed E-state index contributed by atoms with van der Waals surface area (Å²) in [5.41, 5.74) is 24.2. The van der Waals surface area contributed by atoms with Gasteiger partial charge in [-0.05, 0) is 95.7 Å². The van der Waals surface area contributed by atoms with Crippen LogP contribution in [0.4, 0.5) is 0 Å². The summed E-state index contributed by atoms with van der Waals surface area (Å²) >= 11 is 0. The fourth-order valence-corrected chi connectivity index (χ4v) is 11.9. The van der Waals surface area contributed by atoms with E-state index in [0.29, 0.717) is 41.4 Å². The maximum absolute atomic E-state index is 14.7.